The molecule has 0 heterocycles. The van der Waals surface area contributed by atoms with E-state index in [0.717, 1.165) is 22.2 Å². The van der Waals surface area contributed by atoms with Crippen LogP contribution in [0, 0.1) is 0 Å². The minimum Gasteiger partial charge on any atom is -0.496 e. The fourth-order valence-electron chi connectivity index (χ4n) is 1.10. The molecule has 0 radical (unpaired) electrons. The van der Waals surface area contributed by atoms with Gasteiger partial charge in [-0.1, -0.05) is 18.2 Å². The van der Waals surface area contributed by atoms with E-state index in [-0.39, 0.29) is 0 Å². The number of hydrogen-bond acceptors (Lipinski definition) is 2. The SMILES string of the molecule is COc1cc(C=CCCN)ccc1Br. The van der Waals surface area contributed by atoms with Crippen molar-refractivity contribution in [2.24, 2.45) is 5.73 Å². The van der Waals surface area contributed by atoms with Crippen molar-refractivity contribution in [3.8, 4) is 5.75 Å². The molecule has 0 bridgehead atoms. The van der Waals surface area contributed by atoms with Crippen molar-refractivity contribution >= 4 is 22.0 Å². The van der Waals surface area contributed by atoms with Crippen molar-refractivity contribution < 1.29 is 4.74 Å². The number of methoxy groups -OCH3 is 1. The van der Waals surface area contributed by atoms with Crippen LogP contribution in [-0.4, -0.2) is 13.7 Å². The molecule has 0 unspecified atom stereocenters. The van der Waals surface area contributed by atoms with Crippen LogP contribution in [0.5, 0.6) is 5.75 Å². The zero-order chi connectivity index (χ0) is 10.4. The van der Waals surface area contributed by atoms with Gasteiger partial charge in [-0.3, -0.25) is 0 Å². The molecule has 3 heteroatoms. The first-order chi connectivity index (χ1) is 6.77. The van der Waals surface area contributed by atoms with Crippen LogP contribution in [0.4, 0.5) is 0 Å². The van der Waals surface area contributed by atoms with Crippen LogP contribution in [0.15, 0.2) is 28.7 Å². The average molecular weight is 256 g/mol. The van der Waals surface area contributed by atoms with Crippen molar-refractivity contribution in [3.63, 3.8) is 0 Å². The van der Waals surface area contributed by atoms with Gasteiger partial charge in [-0.05, 0) is 46.6 Å². The Morgan fingerprint density at radius 1 is 1.50 bits per heavy atom. The normalized spacial score (nSPS) is 10.8. The number of benzene rings is 1. The van der Waals surface area contributed by atoms with Gasteiger partial charge in [0.15, 0.2) is 0 Å². The van der Waals surface area contributed by atoms with E-state index in [1.54, 1.807) is 7.11 Å². The highest BCUT2D eigenvalue weighted by molar-refractivity contribution is 9.10. The molecule has 0 aromatic heterocycles. The van der Waals surface area contributed by atoms with E-state index in [9.17, 15) is 0 Å². The molecule has 0 spiro atoms. The first-order valence-corrected chi connectivity index (χ1v) is 5.27. The summed E-state index contributed by atoms with van der Waals surface area (Å²) in [6.45, 7) is 0.685. The van der Waals surface area contributed by atoms with Crippen LogP contribution in [0.3, 0.4) is 0 Å². The quantitative estimate of drug-likeness (QED) is 0.899. The van der Waals surface area contributed by atoms with Gasteiger partial charge < -0.3 is 10.5 Å². The zero-order valence-corrected chi connectivity index (χ0v) is 9.75. The summed E-state index contributed by atoms with van der Waals surface area (Å²) in [6, 6.07) is 5.98. The lowest BCUT2D eigenvalue weighted by Crippen LogP contribution is -1.94. The summed E-state index contributed by atoms with van der Waals surface area (Å²) >= 11 is 3.40. The molecule has 1 aromatic rings. The van der Waals surface area contributed by atoms with Crippen LogP contribution in [-0.2, 0) is 0 Å². The molecule has 76 valence electrons. The highest BCUT2D eigenvalue weighted by Crippen LogP contribution is 2.25. The topological polar surface area (TPSA) is 35.2 Å². The predicted molar refractivity (Wildman–Crippen MR) is 63.4 cm³/mol. The summed E-state index contributed by atoms with van der Waals surface area (Å²) < 4.78 is 6.15. The summed E-state index contributed by atoms with van der Waals surface area (Å²) in [5, 5.41) is 0. The highest BCUT2D eigenvalue weighted by Gasteiger charge is 1.98. The predicted octanol–water partition coefficient (Wildman–Crippen LogP) is 2.82. The molecule has 1 rings (SSSR count). The molecule has 2 nitrogen and oxygen atoms in total. The van der Waals surface area contributed by atoms with E-state index in [4.69, 9.17) is 10.5 Å². The third-order valence-electron chi connectivity index (χ3n) is 1.82. The second kappa shape index (κ2) is 5.83. The Hall–Kier alpha value is -0.800. The van der Waals surface area contributed by atoms with Crippen molar-refractivity contribution in [2.75, 3.05) is 13.7 Å². The largest absolute Gasteiger partial charge is 0.496 e. The number of ether oxygens (including phenoxy) is 1. The summed E-state index contributed by atoms with van der Waals surface area (Å²) in [4.78, 5) is 0. The first-order valence-electron chi connectivity index (χ1n) is 4.48. The minimum absolute atomic E-state index is 0.685. The second-order valence-corrected chi connectivity index (χ2v) is 3.73. The van der Waals surface area contributed by atoms with Gasteiger partial charge >= 0.3 is 0 Å². The molecular weight excluding hydrogens is 242 g/mol. The summed E-state index contributed by atoms with van der Waals surface area (Å²) in [6.07, 6.45) is 5.00. The molecule has 0 atom stereocenters. The maximum Gasteiger partial charge on any atom is 0.133 e. The maximum absolute atomic E-state index is 5.39. The number of nitrogens with two attached hydrogens (primary N) is 1. The van der Waals surface area contributed by atoms with Gasteiger partial charge in [-0.25, -0.2) is 0 Å². The summed E-state index contributed by atoms with van der Waals surface area (Å²) in [5.74, 6) is 0.847. The molecule has 0 aliphatic rings. The lowest BCUT2D eigenvalue weighted by atomic mass is 10.2. The molecule has 0 saturated carbocycles. The van der Waals surface area contributed by atoms with E-state index in [1.807, 2.05) is 24.3 Å². The standard InChI is InChI=1S/C11H14BrNO/c1-14-11-8-9(4-2-3-7-13)5-6-10(11)12/h2,4-6,8H,3,7,13H2,1H3. The highest BCUT2D eigenvalue weighted by atomic mass is 79.9. The van der Waals surface area contributed by atoms with E-state index in [1.165, 1.54) is 0 Å². The number of halogens is 1. The van der Waals surface area contributed by atoms with Gasteiger partial charge in [0.1, 0.15) is 5.75 Å². The minimum atomic E-state index is 0.685. The Morgan fingerprint density at radius 3 is 2.93 bits per heavy atom. The molecule has 1 aromatic carbocycles. The van der Waals surface area contributed by atoms with Crippen LogP contribution in [0.1, 0.15) is 12.0 Å². The average Bonchev–Trinajstić information content (AvgIpc) is 2.21. The van der Waals surface area contributed by atoms with Gasteiger partial charge in [-0.2, -0.15) is 0 Å². The molecule has 0 aliphatic carbocycles. The Bertz CT molecular complexity index is 323. The maximum atomic E-state index is 5.39. The van der Waals surface area contributed by atoms with Crippen molar-refractivity contribution in [1.29, 1.82) is 0 Å². The fourth-order valence-corrected chi connectivity index (χ4v) is 1.50. The van der Waals surface area contributed by atoms with E-state index in [2.05, 4.69) is 22.0 Å². The van der Waals surface area contributed by atoms with E-state index < -0.39 is 0 Å². The molecule has 0 amide bonds. The Labute approximate surface area is 92.9 Å². The third kappa shape index (κ3) is 3.16. The van der Waals surface area contributed by atoms with Crippen molar-refractivity contribution in [1.82, 2.24) is 0 Å². The van der Waals surface area contributed by atoms with E-state index >= 15 is 0 Å². The lowest BCUT2D eigenvalue weighted by Gasteiger charge is -2.03. The Morgan fingerprint density at radius 2 is 2.29 bits per heavy atom. The number of hydrogen-bond donors (Lipinski definition) is 1. The van der Waals surface area contributed by atoms with Gasteiger partial charge in [0.05, 0.1) is 11.6 Å². The third-order valence-corrected chi connectivity index (χ3v) is 2.47. The molecule has 0 saturated heterocycles. The van der Waals surface area contributed by atoms with Crippen molar-refractivity contribution in [3.05, 3.63) is 34.3 Å². The summed E-state index contributed by atoms with van der Waals surface area (Å²) in [7, 11) is 1.66. The van der Waals surface area contributed by atoms with Crippen LogP contribution < -0.4 is 10.5 Å². The number of rotatable bonds is 4. The molecular formula is C11H14BrNO. The molecule has 14 heavy (non-hydrogen) atoms. The zero-order valence-electron chi connectivity index (χ0n) is 8.16. The lowest BCUT2D eigenvalue weighted by molar-refractivity contribution is 0.412. The molecule has 2 N–H and O–H groups in total. The first kappa shape index (κ1) is 11.3. The van der Waals surface area contributed by atoms with Crippen LogP contribution >= 0.6 is 15.9 Å². The molecule has 0 fully saturated rings. The van der Waals surface area contributed by atoms with Crippen LogP contribution in [0.25, 0.3) is 6.08 Å². The van der Waals surface area contributed by atoms with Gasteiger partial charge in [0.2, 0.25) is 0 Å². The smallest absolute Gasteiger partial charge is 0.133 e. The second-order valence-electron chi connectivity index (χ2n) is 2.87. The van der Waals surface area contributed by atoms with Gasteiger partial charge in [0, 0.05) is 0 Å². The molecule has 0 aliphatic heterocycles. The Balaban J connectivity index is 2.79. The fraction of sp³-hybridized carbons (Fsp3) is 0.273. The van der Waals surface area contributed by atoms with Gasteiger partial charge in [0.25, 0.3) is 0 Å². The Kier molecular flexibility index (Phi) is 4.70. The summed E-state index contributed by atoms with van der Waals surface area (Å²) in [5.41, 5.74) is 6.51. The van der Waals surface area contributed by atoms with Crippen molar-refractivity contribution in [2.45, 2.75) is 6.42 Å². The monoisotopic (exact) mass is 255 g/mol. The van der Waals surface area contributed by atoms with E-state index in [0.29, 0.717) is 6.54 Å². The van der Waals surface area contributed by atoms with Gasteiger partial charge in [-0.15, -0.1) is 0 Å². The van der Waals surface area contributed by atoms with Crippen LogP contribution in [0.2, 0.25) is 0 Å².